The van der Waals surface area contributed by atoms with E-state index in [0.29, 0.717) is 40.6 Å². The van der Waals surface area contributed by atoms with E-state index in [-0.39, 0.29) is 12.5 Å². The van der Waals surface area contributed by atoms with E-state index in [0.717, 1.165) is 24.1 Å². The summed E-state index contributed by atoms with van der Waals surface area (Å²) in [5, 5.41) is 9.87. The fourth-order valence-corrected chi connectivity index (χ4v) is 4.76. The molecule has 1 aliphatic carbocycles. The third-order valence-corrected chi connectivity index (χ3v) is 6.82. The van der Waals surface area contributed by atoms with Crippen LogP contribution < -0.4 is 16.0 Å². The number of carbonyl (C=O) groups is 1. The van der Waals surface area contributed by atoms with E-state index in [4.69, 9.17) is 18.2 Å². The van der Waals surface area contributed by atoms with Gasteiger partial charge >= 0.3 is 0 Å². The Hall–Kier alpha value is -3.64. The summed E-state index contributed by atoms with van der Waals surface area (Å²) in [6.07, 6.45) is 10.2. The fourth-order valence-electron chi connectivity index (χ4n) is 4.52. The third-order valence-electron chi connectivity index (χ3n) is 6.46. The first-order chi connectivity index (χ1) is 17.4. The molecule has 0 aliphatic heterocycles. The van der Waals surface area contributed by atoms with E-state index in [1.165, 1.54) is 19.3 Å². The maximum atomic E-state index is 13.4. The second-order valence-corrected chi connectivity index (χ2v) is 9.56. The van der Waals surface area contributed by atoms with E-state index >= 15 is 0 Å². The number of amides is 1. The van der Waals surface area contributed by atoms with Crippen molar-refractivity contribution in [3.05, 3.63) is 64.5 Å². The van der Waals surface area contributed by atoms with Gasteiger partial charge in [-0.15, -0.1) is 0 Å². The lowest BCUT2D eigenvalue weighted by molar-refractivity contribution is -0.122. The van der Waals surface area contributed by atoms with Crippen molar-refractivity contribution in [2.24, 2.45) is 5.92 Å². The normalized spacial score (nSPS) is 14.6. The first-order valence-electron chi connectivity index (χ1n) is 12.2. The highest BCUT2D eigenvalue weighted by molar-refractivity contribution is 6.31. The lowest BCUT2D eigenvalue weighted by Crippen LogP contribution is -2.41. The van der Waals surface area contributed by atoms with E-state index in [9.17, 15) is 4.79 Å². The lowest BCUT2D eigenvalue weighted by Gasteiger charge is -2.27. The monoisotopic (exact) mass is 506 g/mol. The maximum absolute atomic E-state index is 13.4. The zero-order chi connectivity index (χ0) is 25.5. The maximum Gasteiger partial charge on any atom is 0.242 e. The largest absolute Gasteiger partial charge is 0.358 e. The summed E-state index contributed by atoms with van der Waals surface area (Å²) in [6, 6.07) is 6.46. The van der Waals surface area contributed by atoms with Gasteiger partial charge in [0, 0.05) is 30.9 Å². The van der Waals surface area contributed by atoms with Crippen molar-refractivity contribution >= 4 is 35.0 Å². The Morgan fingerprint density at radius 1 is 1.25 bits per heavy atom. The van der Waals surface area contributed by atoms with E-state index in [1.807, 2.05) is 23.8 Å². The summed E-state index contributed by atoms with van der Waals surface area (Å²) >= 11 is 6.33. The van der Waals surface area contributed by atoms with Crippen molar-refractivity contribution in [1.82, 2.24) is 24.8 Å². The lowest BCUT2D eigenvalue weighted by atomic mass is 9.84. The molecule has 36 heavy (non-hydrogen) atoms. The Morgan fingerprint density at radius 3 is 2.72 bits per heavy atom. The Bertz CT molecular complexity index is 1240. The first-order valence-corrected chi connectivity index (χ1v) is 12.6. The summed E-state index contributed by atoms with van der Waals surface area (Å²) in [4.78, 5) is 30.2. The smallest absolute Gasteiger partial charge is 0.242 e. The van der Waals surface area contributed by atoms with Gasteiger partial charge in [-0.2, -0.15) is 9.97 Å². The van der Waals surface area contributed by atoms with Crippen LogP contribution in [-0.2, 0) is 11.3 Å². The molecule has 1 amide bonds. The highest BCUT2D eigenvalue weighted by Gasteiger charge is 2.25. The van der Waals surface area contributed by atoms with E-state index < -0.39 is 6.04 Å². The van der Waals surface area contributed by atoms with Crippen molar-refractivity contribution in [1.29, 1.82) is 0 Å². The summed E-state index contributed by atoms with van der Waals surface area (Å²) in [7, 11) is 1.76. The van der Waals surface area contributed by atoms with Crippen LogP contribution in [0.1, 0.15) is 49.8 Å². The molecule has 1 atom stereocenters. The van der Waals surface area contributed by atoms with Gasteiger partial charge in [0.2, 0.25) is 11.9 Å². The molecule has 1 saturated carbocycles. The van der Waals surface area contributed by atoms with Crippen LogP contribution in [0.5, 0.6) is 0 Å². The molecule has 2 heterocycles. The number of imidazole rings is 1. The van der Waals surface area contributed by atoms with Crippen molar-refractivity contribution in [3.63, 3.8) is 0 Å². The van der Waals surface area contributed by atoms with Crippen LogP contribution in [0.25, 0.3) is 10.7 Å². The van der Waals surface area contributed by atoms with Crippen LogP contribution >= 0.6 is 11.6 Å². The number of nitrogens with zero attached hydrogens (tertiary/aromatic N) is 5. The number of anilines is 2. The quantitative estimate of drug-likeness (QED) is 0.341. The van der Waals surface area contributed by atoms with E-state index in [2.05, 4.69) is 35.7 Å². The van der Waals surface area contributed by atoms with Crippen LogP contribution in [-0.4, -0.2) is 38.5 Å². The van der Waals surface area contributed by atoms with Gasteiger partial charge in [0.05, 0.1) is 12.3 Å². The Balaban J connectivity index is 1.54. The second kappa shape index (κ2) is 11.9. The molecule has 188 valence electrons. The van der Waals surface area contributed by atoms with Gasteiger partial charge in [0.1, 0.15) is 24.0 Å². The third kappa shape index (κ3) is 6.52. The van der Waals surface area contributed by atoms with Crippen molar-refractivity contribution in [3.8, 4) is 5.82 Å². The molecule has 1 fully saturated rings. The number of hydrogen-bond acceptors (Lipinski definition) is 6. The average Bonchev–Trinajstić information content (AvgIpc) is 3.34. The van der Waals surface area contributed by atoms with Crippen LogP contribution in [0.4, 0.5) is 17.5 Å². The van der Waals surface area contributed by atoms with Crippen molar-refractivity contribution in [2.75, 3.05) is 17.7 Å². The van der Waals surface area contributed by atoms with Gasteiger partial charge in [-0.3, -0.25) is 9.36 Å². The van der Waals surface area contributed by atoms with Crippen LogP contribution in [0.2, 0.25) is 5.02 Å². The molecular formula is C26H31ClN8O. The van der Waals surface area contributed by atoms with Crippen LogP contribution in [0.15, 0.2) is 36.8 Å². The number of rotatable bonds is 9. The van der Waals surface area contributed by atoms with Crippen molar-refractivity contribution in [2.45, 2.75) is 58.0 Å². The molecule has 10 heteroatoms. The number of aryl methyl sites for hydroxylation is 1. The summed E-state index contributed by atoms with van der Waals surface area (Å²) in [5.74, 6) is 2.03. The zero-order valence-corrected chi connectivity index (χ0v) is 21.3. The number of hydrogen-bond donors (Lipinski definition) is 3. The van der Waals surface area contributed by atoms with Crippen LogP contribution in [0.3, 0.4) is 0 Å². The summed E-state index contributed by atoms with van der Waals surface area (Å²) < 4.78 is 1.83. The number of aromatic nitrogens is 4. The van der Waals surface area contributed by atoms with Gasteiger partial charge in [-0.25, -0.2) is 9.83 Å². The Labute approximate surface area is 216 Å². The molecular weight excluding hydrogens is 476 g/mol. The molecule has 3 aromatic rings. The summed E-state index contributed by atoms with van der Waals surface area (Å²) in [6.45, 7) is 9.34. The van der Waals surface area contributed by atoms with Crippen molar-refractivity contribution < 1.29 is 4.79 Å². The number of carbonyl (C=O) groups excluding carboxylic acids is 1. The molecule has 9 nitrogen and oxygen atoms in total. The predicted octanol–water partition coefficient (Wildman–Crippen LogP) is 5.28. The van der Waals surface area contributed by atoms with Crippen LogP contribution in [0, 0.1) is 19.4 Å². The fraction of sp³-hybridized carbons (Fsp3) is 0.423. The molecule has 2 aromatic heterocycles. The second-order valence-electron chi connectivity index (χ2n) is 9.15. The molecule has 0 radical (unpaired) electrons. The van der Waals surface area contributed by atoms with E-state index in [1.54, 1.807) is 31.6 Å². The number of nitrogens with one attached hydrogen (secondary N) is 3. The Kier molecular flexibility index (Phi) is 8.39. The van der Waals surface area contributed by atoms with Gasteiger partial charge < -0.3 is 16.0 Å². The van der Waals surface area contributed by atoms with Gasteiger partial charge in [0.15, 0.2) is 5.69 Å². The minimum Gasteiger partial charge on any atom is -0.358 e. The first kappa shape index (κ1) is 25.5. The molecule has 1 aromatic carbocycles. The minimum atomic E-state index is -0.466. The zero-order valence-electron chi connectivity index (χ0n) is 20.6. The van der Waals surface area contributed by atoms with Gasteiger partial charge in [-0.05, 0) is 30.9 Å². The molecule has 4 rings (SSSR count). The Morgan fingerprint density at radius 2 is 2.06 bits per heavy atom. The molecule has 0 saturated heterocycles. The van der Waals surface area contributed by atoms with Gasteiger partial charge in [0.25, 0.3) is 0 Å². The average molecular weight is 507 g/mol. The minimum absolute atomic E-state index is 0.115. The molecule has 3 N–H and O–H groups in total. The SMILES string of the molecule is [C-]#[N+]c1ccc(CNC(=O)[C@@H](CC2CCCCC2)Nc2cc(-n3cnc(C)c3)nc(NC)n2)c(Cl)c1. The molecule has 0 unspecified atom stereocenters. The highest BCUT2D eigenvalue weighted by Crippen LogP contribution is 2.29. The highest BCUT2D eigenvalue weighted by atomic mass is 35.5. The standard InChI is InChI=1S/C26H31ClN8O/c1-17-15-35(16-31-17)24-13-23(33-26(29-3)34-24)32-22(11-18-7-5-4-6-8-18)25(36)30-14-19-9-10-20(28-2)12-21(19)27/h9-10,12-13,15-16,18,22H,4-8,11,14H2,1,3H3,(H,30,36)(H2,29,32,33,34)/t22-/m1/s1. The predicted molar refractivity (Wildman–Crippen MR) is 142 cm³/mol. The number of halogens is 1. The van der Waals surface area contributed by atoms with Gasteiger partial charge in [-0.1, -0.05) is 55.8 Å². The molecule has 0 bridgehead atoms. The number of benzene rings is 1. The summed E-state index contributed by atoms with van der Waals surface area (Å²) in [5.41, 5.74) is 2.12. The molecule has 0 spiro atoms. The topological polar surface area (TPSA) is 101 Å². The molecule has 1 aliphatic rings.